The Morgan fingerprint density at radius 3 is 2.71 bits per heavy atom. The first-order valence-electron chi connectivity index (χ1n) is 5.33. The molecule has 0 aliphatic heterocycles. The van der Waals surface area contributed by atoms with Crippen molar-refractivity contribution in [2.24, 2.45) is 0 Å². The van der Waals surface area contributed by atoms with E-state index in [4.69, 9.17) is 0 Å². The summed E-state index contributed by atoms with van der Waals surface area (Å²) in [7, 11) is 0. The summed E-state index contributed by atoms with van der Waals surface area (Å²) in [5, 5.41) is 6.00. The molecule has 96 valence electrons. The first-order chi connectivity index (χ1) is 7.83. The second-order valence-corrected chi connectivity index (χ2v) is 4.22. The molecule has 0 spiro atoms. The van der Waals surface area contributed by atoms with Crippen LogP contribution in [0.1, 0.15) is 6.92 Å². The van der Waals surface area contributed by atoms with Gasteiger partial charge in [0.15, 0.2) is 0 Å². The van der Waals surface area contributed by atoms with E-state index in [-0.39, 0.29) is 18.3 Å². The number of halogens is 1. The quantitative estimate of drug-likeness (QED) is 0.582. The normalized spacial score (nSPS) is 9.47. The standard InChI is InChI=1S/C11H17N3OS.ClH/c1-2-12-7-8-14-11(15)9-16-10-3-5-13-6-4-10;/h3-6,12H,2,7-9H2,1H3,(H,14,15);1H. The van der Waals surface area contributed by atoms with Crippen LogP contribution in [-0.2, 0) is 4.79 Å². The maximum absolute atomic E-state index is 11.4. The number of thioether (sulfide) groups is 1. The summed E-state index contributed by atoms with van der Waals surface area (Å²) >= 11 is 1.52. The second-order valence-electron chi connectivity index (χ2n) is 3.18. The minimum atomic E-state index is 0. The summed E-state index contributed by atoms with van der Waals surface area (Å²) < 4.78 is 0. The summed E-state index contributed by atoms with van der Waals surface area (Å²) in [6.45, 7) is 4.48. The molecule has 0 radical (unpaired) electrons. The molecular weight excluding hydrogens is 258 g/mol. The number of amides is 1. The van der Waals surface area contributed by atoms with Gasteiger partial charge in [0.1, 0.15) is 0 Å². The van der Waals surface area contributed by atoms with E-state index < -0.39 is 0 Å². The number of nitrogens with one attached hydrogen (secondary N) is 2. The van der Waals surface area contributed by atoms with Crippen molar-refractivity contribution < 1.29 is 4.79 Å². The monoisotopic (exact) mass is 275 g/mol. The molecule has 0 unspecified atom stereocenters. The Labute approximate surface area is 112 Å². The van der Waals surface area contributed by atoms with Crippen molar-refractivity contribution in [3.8, 4) is 0 Å². The molecule has 0 atom stereocenters. The van der Waals surface area contributed by atoms with Crippen LogP contribution >= 0.6 is 24.2 Å². The molecule has 1 aromatic rings. The van der Waals surface area contributed by atoms with Gasteiger partial charge in [-0.05, 0) is 18.7 Å². The zero-order valence-corrected chi connectivity index (χ0v) is 11.4. The number of carbonyl (C=O) groups is 1. The fraction of sp³-hybridized carbons (Fsp3) is 0.455. The van der Waals surface area contributed by atoms with Crippen LogP contribution in [-0.4, -0.2) is 36.3 Å². The molecule has 6 heteroatoms. The number of pyridine rings is 1. The molecule has 0 aliphatic carbocycles. The van der Waals surface area contributed by atoms with Crippen LogP contribution in [0.25, 0.3) is 0 Å². The highest BCUT2D eigenvalue weighted by Crippen LogP contribution is 2.15. The van der Waals surface area contributed by atoms with E-state index in [0.717, 1.165) is 18.0 Å². The second kappa shape index (κ2) is 10.4. The molecule has 1 amide bonds. The van der Waals surface area contributed by atoms with E-state index in [1.54, 1.807) is 12.4 Å². The number of hydrogen-bond donors (Lipinski definition) is 2. The third-order valence-electron chi connectivity index (χ3n) is 1.89. The van der Waals surface area contributed by atoms with Crippen LogP contribution in [0.15, 0.2) is 29.4 Å². The van der Waals surface area contributed by atoms with E-state index in [0.29, 0.717) is 12.3 Å². The van der Waals surface area contributed by atoms with Gasteiger partial charge in [-0.15, -0.1) is 24.2 Å². The first kappa shape index (κ1) is 16.2. The van der Waals surface area contributed by atoms with E-state index in [1.807, 2.05) is 19.1 Å². The molecule has 0 fully saturated rings. The first-order valence-corrected chi connectivity index (χ1v) is 6.31. The predicted octanol–water partition coefficient (Wildman–Crippen LogP) is 1.32. The highest BCUT2D eigenvalue weighted by molar-refractivity contribution is 8.00. The molecule has 0 saturated heterocycles. The average molecular weight is 276 g/mol. The van der Waals surface area contributed by atoms with Gasteiger partial charge in [-0.1, -0.05) is 6.92 Å². The molecule has 0 bridgehead atoms. The van der Waals surface area contributed by atoms with Crippen LogP contribution in [0.2, 0.25) is 0 Å². The Bertz CT molecular complexity index is 311. The third-order valence-corrected chi connectivity index (χ3v) is 2.91. The fourth-order valence-electron chi connectivity index (χ4n) is 1.10. The summed E-state index contributed by atoms with van der Waals surface area (Å²) in [5.74, 6) is 0.524. The average Bonchev–Trinajstić information content (AvgIpc) is 2.33. The van der Waals surface area contributed by atoms with Crippen molar-refractivity contribution in [1.29, 1.82) is 0 Å². The molecule has 1 rings (SSSR count). The Morgan fingerprint density at radius 1 is 1.35 bits per heavy atom. The van der Waals surface area contributed by atoms with Crippen molar-refractivity contribution in [2.75, 3.05) is 25.4 Å². The van der Waals surface area contributed by atoms with Crippen molar-refractivity contribution in [3.63, 3.8) is 0 Å². The van der Waals surface area contributed by atoms with Crippen LogP contribution in [0.5, 0.6) is 0 Å². The third kappa shape index (κ3) is 8.01. The van der Waals surface area contributed by atoms with Gasteiger partial charge in [-0.2, -0.15) is 0 Å². The number of nitrogens with zero attached hydrogens (tertiary/aromatic N) is 1. The van der Waals surface area contributed by atoms with Crippen LogP contribution in [0, 0.1) is 0 Å². The van der Waals surface area contributed by atoms with E-state index >= 15 is 0 Å². The maximum atomic E-state index is 11.4. The van der Waals surface area contributed by atoms with Crippen molar-refractivity contribution in [2.45, 2.75) is 11.8 Å². The number of rotatable bonds is 7. The number of hydrogen-bond acceptors (Lipinski definition) is 4. The van der Waals surface area contributed by atoms with Gasteiger partial charge < -0.3 is 10.6 Å². The smallest absolute Gasteiger partial charge is 0.230 e. The summed E-state index contributed by atoms with van der Waals surface area (Å²) in [4.78, 5) is 16.4. The molecule has 2 N–H and O–H groups in total. The van der Waals surface area contributed by atoms with Crippen LogP contribution in [0.4, 0.5) is 0 Å². The zero-order chi connectivity index (χ0) is 11.6. The fourth-order valence-corrected chi connectivity index (χ4v) is 1.82. The van der Waals surface area contributed by atoms with Gasteiger partial charge in [0.05, 0.1) is 5.75 Å². The van der Waals surface area contributed by atoms with Gasteiger partial charge in [-0.25, -0.2) is 0 Å². The highest BCUT2D eigenvalue weighted by Gasteiger charge is 2.01. The topological polar surface area (TPSA) is 54.0 Å². The van der Waals surface area contributed by atoms with Crippen LogP contribution < -0.4 is 10.6 Å². The lowest BCUT2D eigenvalue weighted by Gasteiger charge is -2.05. The Morgan fingerprint density at radius 2 is 2.06 bits per heavy atom. The summed E-state index contributed by atoms with van der Waals surface area (Å²) in [5.41, 5.74) is 0. The lowest BCUT2D eigenvalue weighted by atomic mass is 10.5. The minimum Gasteiger partial charge on any atom is -0.354 e. The zero-order valence-electron chi connectivity index (χ0n) is 9.81. The lowest BCUT2D eigenvalue weighted by Crippen LogP contribution is -2.32. The van der Waals surface area contributed by atoms with Gasteiger partial charge in [0.2, 0.25) is 5.91 Å². The summed E-state index contributed by atoms with van der Waals surface area (Å²) in [6.07, 6.45) is 3.46. The van der Waals surface area contributed by atoms with Gasteiger partial charge in [0, 0.05) is 30.4 Å². The Hall–Kier alpha value is -0.780. The summed E-state index contributed by atoms with van der Waals surface area (Å²) in [6, 6.07) is 3.80. The van der Waals surface area contributed by atoms with Gasteiger partial charge >= 0.3 is 0 Å². The van der Waals surface area contributed by atoms with Crippen LogP contribution in [0.3, 0.4) is 0 Å². The molecule has 4 nitrogen and oxygen atoms in total. The van der Waals surface area contributed by atoms with Crippen molar-refractivity contribution in [1.82, 2.24) is 15.6 Å². The lowest BCUT2D eigenvalue weighted by molar-refractivity contribution is -0.118. The van der Waals surface area contributed by atoms with Gasteiger partial charge in [-0.3, -0.25) is 9.78 Å². The van der Waals surface area contributed by atoms with E-state index in [2.05, 4.69) is 15.6 Å². The molecule has 1 aromatic heterocycles. The SMILES string of the molecule is CCNCCNC(=O)CSc1ccncc1.Cl. The van der Waals surface area contributed by atoms with Gasteiger partial charge in [0.25, 0.3) is 0 Å². The number of carbonyl (C=O) groups excluding carboxylic acids is 1. The van der Waals surface area contributed by atoms with Crippen molar-refractivity contribution >= 4 is 30.1 Å². The van der Waals surface area contributed by atoms with E-state index in [1.165, 1.54) is 11.8 Å². The molecule has 0 aliphatic rings. The number of likely N-dealkylation sites (N-methyl/N-ethyl adjacent to an activating group) is 1. The largest absolute Gasteiger partial charge is 0.354 e. The molecule has 1 heterocycles. The molecule has 0 aromatic carbocycles. The maximum Gasteiger partial charge on any atom is 0.230 e. The van der Waals surface area contributed by atoms with Crippen molar-refractivity contribution in [3.05, 3.63) is 24.5 Å². The number of aromatic nitrogens is 1. The predicted molar refractivity (Wildman–Crippen MR) is 73.8 cm³/mol. The minimum absolute atomic E-state index is 0. The highest BCUT2D eigenvalue weighted by atomic mass is 35.5. The molecule has 17 heavy (non-hydrogen) atoms. The van der Waals surface area contributed by atoms with E-state index in [9.17, 15) is 4.79 Å². The molecular formula is C11H18ClN3OS. The molecule has 0 saturated carbocycles. The Kier molecular flexibility index (Phi) is 9.90. The Balaban J connectivity index is 0.00000256.